The second-order valence-electron chi connectivity index (χ2n) is 5.94. The lowest BCUT2D eigenvalue weighted by Gasteiger charge is -2.26. The van der Waals surface area contributed by atoms with Crippen molar-refractivity contribution in [3.8, 4) is 0 Å². The molecule has 1 N–H and O–H groups in total. The van der Waals surface area contributed by atoms with E-state index in [9.17, 15) is 14.4 Å². The number of carboxylic acids is 1. The van der Waals surface area contributed by atoms with Crippen LogP contribution in [0.2, 0.25) is 0 Å². The maximum absolute atomic E-state index is 12.1. The Kier molecular flexibility index (Phi) is 1.83. The van der Waals surface area contributed by atoms with E-state index < -0.39 is 12.0 Å². The average Bonchev–Trinajstić information content (AvgIpc) is 3.06. The molecular weight excluding hydrogens is 222 g/mol. The van der Waals surface area contributed by atoms with Gasteiger partial charge in [0.15, 0.2) is 0 Å². The lowest BCUT2D eigenvalue weighted by atomic mass is 10.0. The largest absolute Gasteiger partial charge is 0.480 e. The van der Waals surface area contributed by atoms with Crippen molar-refractivity contribution in [1.82, 2.24) is 4.90 Å². The fourth-order valence-corrected chi connectivity index (χ4v) is 3.18. The molecular formula is C12H15NO4. The van der Waals surface area contributed by atoms with E-state index >= 15 is 0 Å². The van der Waals surface area contributed by atoms with Gasteiger partial charge in [0.2, 0.25) is 11.8 Å². The highest BCUT2D eigenvalue weighted by atomic mass is 16.4. The third-order valence-electron chi connectivity index (χ3n) is 4.43. The monoisotopic (exact) mass is 237 g/mol. The Labute approximate surface area is 98.8 Å². The molecule has 0 spiro atoms. The molecule has 3 fully saturated rings. The molecule has 17 heavy (non-hydrogen) atoms. The van der Waals surface area contributed by atoms with Gasteiger partial charge < -0.3 is 5.11 Å². The first-order chi connectivity index (χ1) is 7.87. The topological polar surface area (TPSA) is 74.7 Å². The molecule has 0 aromatic heterocycles. The minimum absolute atomic E-state index is 0.0268. The Morgan fingerprint density at radius 3 is 2.12 bits per heavy atom. The zero-order valence-electron chi connectivity index (χ0n) is 9.84. The van der Waals surface area contributed by atoms with Gasteiger partial charge in [0.25, 0.3) is 0 Å². The number of aliphatic carboxylic acids is 1. The average molecular weight is 237 g/mol. The number of imide groups is 1. The van der Waals surface area contributed by atoms with Gasteiger partial charge in [0, 0.05) is 0 Å². The molecule has 5 nitrogen and oxygen atoms in total. The van der Waals surface area contributed by atoms with Gasteiger partial charge >= 0.3 is 5.97 Å². The predicted molar refractivity (Wildman–Crippen MR) is 56.8 cm³/mol. The van der Waals surface area contributed by atoms with E-state index in [1.54, 1.807) is 0 Å². The first-order valence-electron chi connectivity index (χ1n) is 5.97. The van der Waals surface area contributed by atoms with Gasteiger partial charge in [-0.3, -0.25) is 14.5 Å². The Morgan fingerprint density at radius 1 is 1.29 bits per heavy atom. The van der Waals surface area contributed by atoms with Gasteiger partial charge in [-0.05, 0) is 24.2 Å². The zero-order valence-corrected chi connectivity index (χ0v) is 9.84. The highest BCUT2D eigenvalue weighted by Crippen LogP contribution is 2.64. The smallest absolute Gasteiger partial charge is 0.327 e. The van der Waals surface area contributed by atoms with Crippen molar-refractivity contribution >= 4 is 17.8 Å². The SMILES string of the molecule is CC1(C)C2C(=O)N(C(C(=O)O)C3CC3)C(=O)C21. The van der Waals surface area contributed by atoms with Crippen LogP contribution < -0.4 is 0 Å². The summed E-state index contributed by atoms with van der Waals surface area (Å²) in [7, 11) is 0. The summed E-state index contributed by atoms with van der Waals surface area (Å²) in [6.07, 6.45) is 1.60. The number of amides is 2. The van der Waals surface area contributed by atoms with E-state index in [1.165, 1.54) is 0 Å². The zero-order chi connectivity index (χ0) is 12.5. The van der Waals surface area contributed by atoms with Crippen LogP contribution in [0.1, 0.15) is 26.7 Å². The number of rotatable bonds is 3. The quantitative estimate of drug-likeness (QED) is 0.725. The Bertz CT molecular complexity index is 414. The van der Waals surface area contributed by atoms with Gasteiger partial charge in [-0.2, -0.15) is 0 Å². The second kappa shape index (κ2) is 2.89. The minimum Gasteiger partial charge on any atom is -0.480 e. The molecule has 2 saturated carbocycles. The molecule has 3 unspecified atom stereocenters. The summed E-state index contributed by atoms with van der Waals surface area (Å²) in [6, 6.07) is -0.918. The fraction of sp³-hybridized carbons (Fsp3) is 0.750. The number of carbonyl (C=O) groups is 3. The lowest BCUT2D eigenvalue weighted by molar-refractivity contribution is -0.157. The highest BCUT2D eigenvalue weighted by Gasteiger charge is 2.74. The van der Waals surface area contributed by atoms with Crippen molar-refractivity contribution in [2.75, 3.05) is 0 Å². The van der Waals surface area contributed by atoms with E-state index in [2.05, 4.69) is 0 Å². The summed E-state index contributed by atoms with van der Waals surface area (Å²) < 4.78 is 0. The van der Waals surface area contributed by atoms with Gasteiger partial charge in [0.1, 0.15) is 6.04 Å². The Balaban J connectivity index is 1.89. The Hall–Kier alpha value is -1.39. The van der Waals surface area contributed by atoms with Crippen molar-refractivity contribution in [3.63, 3.8) is 0 Å². The number of nitrogens with zero attached hydrogens (tertiary/aromatic N) is 1. The lowest BCUT2D eigenvalue weighted by Crippen LogP contribution is -2.49. The molecule has 3 atom stereocenters. The van der Waals surface area contributed by atoms with Gasteiger partial charge in [-0.25, -0.2) is 4.79 Å². The molecule has 0 radical (unpaired) electrons. The number of hydrogen-bond acceptors (Lipinski definition) is 3. The predicted octanol–water partition coefficient (Wildman–Crippen LogP) is 0.491. The number of carboxylic acid groups (broad SMARTS) is 1. The summed E-state index contributed by atoms with van der Waals surface area (Å²) >= 11 is 0. The summed E-state index contributed by atoms with van der Waals surface area (Å²) in [4.78, 5) is 36.4. The van der Waals surface area contributed by atoms with Crippen molar-refractivity contribution < 1.29 is 19.5 Å². The highest BCUT2D eigenvalue weighted by molar-refractivity contribution is 6.12. The van der Waals surface area contributed by atoms with E-state index in [-0.39, 0.29) is 35.0 Å². The van der Waals surface area contributed by atoms with Crippen molar-refractivity contribution in [1.29, 1.82) is 0 Å². The molecule has 0 bridgehead atoms. The molecule has 1 heterocycles. The fourth-order valence-electron chi connectivity index (χ4n) is 3.18. The molecule has 5 heteroatoms. The van der Waals surface area contributed by atoms with Crippen LogP contribution in [0.4, 0.5) is 0 Å². The van der Waals surface area contributed by atoms with Crippen molar-refractivity contribution in [3.05, 3.63) is 0 Å². The normalized spacial score (nSPS) is 35.8. The summed E-state index contributed by atoms with van der Waals surface area (Å²) in [6.45, 7) is 3.78. The minimum atomic E-state index is -1.05. The summed E-state index contributed by atoms with van der Waals surface area (Å²) in [5.41, 5.74) is -0.267. The van der Waals surface area contributed by atoms with Crippen LogP contribution in [0.25, 0.3) is 0 Å². The molecule has 1 aliphatic heterocycles. The first-order valence-corrected chi connectivity index (χ1v) is 5.97. The molecule has 3 rings (SSSR count). The van der Waals surface area contributed by atoms with E-state index in [1.807, 2.05) is 13.8 Å². The molecule has 3 aliphatic rings. The second-order valence-corrected chi connectivity index (χ2v) is 5.94. The van der Waals surface area contributed by atoms with Crippen LogP contribution >= 0.6 is 0 Å². The number of piperidine rings is 1. The van der Waals surface area contributed by atoms with Gasteiger partial charge in [-0.1, -0.05) is 13.8 Å². The molecule has 92 valence electrons. The van der Waals surface area contributed by atoms with Crippen LogP contribution in [-0.2, 0) is 14.4 Å². The van der Waals surface area contributed by atoms with Crippen LogP contribution in [0, 0.1) is 23.2 Å². The van der Waals surface area contributed by atoms with E-state index in [0.717, 1.165) is 17.7 Å². The number of hydrogen-bond donors (Lipinski definition) is 1. The molecule has 1 saturated heterocycles. The maximum atomic E-state index is 12.1. The van der Waals surface area contributed by atoms with Crippen LogP contribution in [0.15, 0.2) is 0 Å². The van der Waals surface area contributed by atoms with Crippen molar-refractivity contribution in [2.24, 2.45) is 23.2 Å². The van der Waals surface area contributed by atoms with Crippen LogP contribution in [0.3, 0.4) is 0 Å². The molecule has 0 aromatic carbocycles. The third kappa shape index (κ3) is 1.22. The molecule has 2 aliphatic carbocycles. The summed E-state index contributed by atoms with van der Waals surface area (Å²) in [5, 5.41) is 9.16. The van der Waals surface area contributed by atoms with Crippen LogP contribution in [0.5, 0.6) is 0 Å². The van der Waals surface area contributed by atoms with Gasteiger partial charge in [-0.15, -0.1) is 0 Å². The molecule has 2 amide bonds. The van der Waals surface area contributed by atoms with E-state index in [4.69, 9.17) is 5.11 Å². The third-order valence-corrected chi connectivity index (χ3v) is 4.43. The first kappa shape index (κ1) is 10.7. The number of fused-ring (bicyclic) bond motifs is 1. The Morgan fingerprint density at radius 2 is 1.76 bits per heavy atom. The standard InChI is InChI=1S/C12H15NO4/c1-12(2)6-7(12)10(15)13(9(6)14)8(11(16)17)5-3-4-5/h5-8H,3-4H2,1-2H3,(H,16,17). The summed E-state index contributed by atoms with van der Waals surface area (Å²) in [5.74, 6) is -2.19. The van der Waals surface area contributed by atoms with Crippen molar-refractivity contribution in [2.45, 2.75) is 32.7 Å². The maximum Gasteiger partial charge on any atom is 0.327 e. The molecule has 0 aromatic rings. The number of carbonyl (C=O) groups excluding carboxylic acids is 2. The van der Waals surface area contributed by atoms with E-state index in [0.29, 0.717) is 0 Å². The van der Waals surface area contributed by atoms with Crippen LogP contribution in [-0.4, -0.2) is 33.8 Å². The van der Waals surface area contributed by atoms with Gasteiger partial charge in [0.05, 0.1) is 11.8 Å². The number of likely N-dealkylation sites (tertiary alicyclic amines) is 1.